The number of hydrazone groups is 1. The highest BCUT2D eigenvalue weighted by atomic mass is 16.3. The smallest absolute Gasteiger partial charge is 0.241 e. The van der Waals surface area contributed by atoms with E-state index in [4.69, 9.17) is 5.11 Å². The van der Waals surface area contributed by atoms with Crippen LogP contribution in [0.1, 0.15) is 12.0 Å². The maximum atomic E-state index is 11.7. The first-order chi connectivity index (χ1) is 10.1. The molecule has 0 bridgehead atoms. The van der Waals surface area contributed by atoms with Gasteiger partial charge in [-0.1, -0.05) is 0 Å². The predicted octanol–water partition coefficient (Wildman–Crippen LogP) is 0.480. The van der Waals surface area contributed by atoms with E-state index in [9.17, 15) is 4.79 Å². The normalized spacial score (nSPS) is 17.2. The minimum absolute atomic E-state index is 0.0797. The fourth-order valence-electron chi connectivity index (χ4n) is 2.13. The summed E-state index contributed by atoms with van der Waals surface area (Å²) < 4.78 is 0. The Kier molecular flexibility index (Phi) is 5.71. The van der Waals surface area contributed by atoms with Crippen LogP contribution in [0.3, 0.4) is 0 Å². The van der Waals surface area contributed by atoms with Crippen LogP contribution in [-0.2, 0) is 4.79 Å². The molecule has 2 rings (SSSR count). The highest BCUT2D eigenvalue weighted by Crippen LogP contribution is 2.07. The number of amides is 1. The van der Waals surface area contributed by atoms with Crippen LogP contribution >= 0.6 is 0 Å². The van der Waals surface area contributed by atoms with Gasteiger partial charge in [0.2, 0.25) is 5.91 Å². The molecule has 21 heavy (non-hydrogen) atoms. The molecule has 6 nitrogen and oxygen atoms in total. The van der Waals surface area contributed by atoms with Crippen LogP contribution in [0.5, 0.6) is 5.75 Å². The largest absolute Gasteiger partial charge is 0.508 e. The quantitative estimate of drug-likeness (QED) is 0.611. The van der Waals surface area contributed by atoms with Crippen molar-refractivity contribution in [2.24, 2.45) is 5.10 Å². The lowest BCUT2D eigenvalue weighted by molar-refractivity contribution is -0.121. The molecule has 0 unspecified atom stereocenters. The van der Waals surface area contributed by atoms with Gasteiger partial charge in [0, 0.05) is 39.1 Å². The van der Waals surface area contributed by atoms with E-state index in [0.29, 0.717) is 6.42 Å². The zero-order chi connectivity index (χ0) is 15.1. The number of carbonyl (C=O) groups is 1. The Morgan fingerprint density at radius 3 is 2.62 bits per heavy atom. The van der Waals surface area contributed by atoms with Crippen LogP contribution in [0.15, 0.2) is 29.4 Å². The molecule has 0 radical (unpaired) electrons. The van der Waals surface area contributed by atoms with Crippen molar-refractivity contribution in [2.75, 3.05) is 39.8 Å². The Balaban J connectivity index is 1.66. The number of carbonyl (C=O) groups excluding carboxylic acids is 1. The van der Waals surface area contributed by atoms with Crippen LogP contribution in [0.25, 0.3) is 0 Å². The predicted molar refractivity (Wildman–Crippen MR) is 82.4 cm³/mol. The summed E-state index contributed by atoms with van der Waals surface area (Å²) in [6.45, 7) is 4.91. The Labute approximate surface area is 125 Å². The summed E-state index contributed by atoms with van der Waals surface area (Å²) in [6.07, 6.45) is 2.02. The van der Waals surface area contributed by atoms with Crippen molar-refractivity contribution < 1.29 is 9.90 Å². The minimum atomic E-state index is -0.0797. The molecule has 6 heteroatoms. The molecular weight excluding hydrogens is 268 g/mol. The van der Waals surface area contributed by atoms with Crippen LogP contribution in [0, 0.1) is 0 Å². The summed E-state index contributed by atoms with van der Waals surface area (Å²) in [6, 6.07) is 6.62. The lowest BCUT2D eigenvalue weighted by Gasteiger charge is -2.32. The first-order valence-corrected chi connectivity index (χ1v) is 7.15. The molecule has 1 fully saturated rings. The summed E-state index contributed by atoms with van der Waals surface area (Å²) in [7, 11) is 2.11. The van der Waals surface area contributed by atoms with Crippen molar-refractivity contribution in [2.45, 2.75) is 6.42 Å². The first-order valence-electron chi connectivity index (χ1n) is 7.15. The zero-order valence-electron chi connectivity index (χ0n) is 12.3. The number of nitrogens with zero attached hydrogens (tertiary/aromatic N) is 3. The minimum Gasteiger partial charge on any atom is -0.508 e. The molecule has 0 aromatic heterocycles. The van der Waals surface area contributed by atoms with E-state index in [1.165, 1.54) is 0 Å². The second-order valence-corrected chi connectivity index (χ2v) is 5.28. The number of rotatable bonds is 5. The topological polar surface area (TPSA) is 68.2 Å². The molecule has 1 aliphatic rings. The molecule has 1 heterocycles. The Morgan fingerprint density at radius 1 is 1.29 bits per heavy atom. The monoisotopic (exact) mass is 290 g/mol. The third kappa shape index (κ3) is 5.53. The molecule has 1 saturated heterocycles. The van der Waals surface area contributed by atoms with Crippen LogP contribution in [0.4, 0.5) is 0 Å². The average molecular weight is 290 g/mol. The van der Waals surface area contributed by atoms with Gasteiger partial charge in [-0.25, -0.2) is 5.43 Å². The number of likely N-dealkylation sites (N-methyl/N-ethyl adjacent to an activating group) is 1. The van der Waals surface area contributed by atoms with Gasteiger partial charge in [0.15, 0.2) is 0 Å². The number of nitrogens with one attached hydrogen (secondary N) is 1. The van der Waals surface area contributed by atoms with E-state index in [2.05, 4.69) is 27.4 Å². The number of piperazine rings is 1. The number of phenols is 1. The van der Waals surface area contributed by atoms with Crippen LogP contribution in [-0.4, -0.2) is 66.8 Å². The number of hydrogen-bond donors (Lipinski definition) is 2. The second kappa shape index (κ2) is 7.75. The number of benzene rings is 1. The molecule has 1 aromatic rings. The van der Waals surface area contributed by atoms with Crippen molar-refractivity contribution in [1.82, 2.24) is 15.2 Å². The molecule has 114 valence electrons. The van der Waals surface area contributed by atoms with E-state index in [-0.39, 0.29) is 11.7 Å². The highest BCUT2D eigenvalue weighted by Gasteiger charge is 2.14. The maximum Gasteiger partial charge on any atom is 0.241 e. The van der Waals surface area contributed by atoms with Crippen molar-refractivity contribution in [3.8, 4) is 5.75 Å². The van der Waals surface area contributed by atoms with Gasteiger partial charge >= 0.3 is 0 Å². The van der Waals surface area contributed by atoms with Gasteiger partial charge in [-0.3, -0.25) is 4.79 Å². The zero-order valence-corrected chi connectivity index (χ0v) is 12.3. The summed E-state index contributed by atoms with van der Waals surface area (Å²) in [5.41, 5.74) is 3.35. The van der Waals surface area contributed by atoms with Gasteiger partial charge in [0.05, 0.1) is 6.21 Å². The Bertz CT molecular complexity index is 479. The van der Waals surface area contributed by atoms with Gasteiger partial charge in [-0.15, -0.1) is 0 Å². The molecule has 0 spiro atoms. The molecular formula is C15H22N4O2. The Morgan fingerprint density at radius 2 is 1.95 bits per heavy atom. The molecule has 1 aliphatic heterocycles. The van der Waals surface area contributed by atoms with Gasteiger partial charge in [0.25, 0.3) is 0 Å². The Hall–Kier alpha value is -1.92. The summed E-state index contributed by atoms with van der Waals surface area (Å²) >= 11 is 0. The van der Waals surface area contributed by atoms with Crippen LogP contribution < -0.4 is 5.43 Å². The van der Waals surface area contributed by atoms with E-state index >= 15 is 0 Å². The fraction of sp³-hybridized carbons (Fsp3) is 0.467. The van der Waals surface area contributed by atoms with Crippen molar-refractivity contribution in [3.63, 3.8) is 0 Å². The molecule has 0 aliphatic carbocycles. The van der Waals surface area contributed by atoms with Crippen molar-refractivity contribution >= 4 is 12.1 Å². The van der Waals surface area contributed by atoms with Gasteiger partial charge in [0.1, 0.15) is 5.75 Å². The second-order valence-electron chi connectivity index (χ2n) is 5.28. The van der Waals surface area contributed by atoms with Crippen LogP contribution in [0.2, 0.25) is 0 Å². The molecule has 0 atom stereocenters. The van der Waals surface area contributed by atoms with E-state index in [0.717, 1.165) is 38.3 Å². The highest BCUT2D eigenvalue weighted by molar-refractivity contribution is 5.82. The molecule has 1 amide bonds. The fourth-order valence-corrected chi connectivity index (χ4v) is 2.13. The lowest BCUT2D eigenvalue weighted by Crippen LogP contribution is -2.45. The SMILES string of the molecule is CN1CCN(CCC(=O)N/N=C\c2ccc(O)cc2)CC1. The summed E-state index contributed by atoms with van der Waals surface area (Å²) in [4.78, 5) is 16.3. The average Bonchev–Trinajstić information content (AvgIpc) is 2.49. The lowest BCUT2D eigenvalue weighted by atomic mass is 10.2. The van der Waals surface area contributed by atoms with Crippen molar-refractivity contribution in [3.05, 3.63) is 29.8 Å². The maximum absolute atomic E-state index is 11.7. The van der Waals surface area contributed by atoms with E-state index < -0.39 is 0 Å². The number of hydrogen-bond acceptors (Lipinski definition) is 5. The first kappa shape index (κ1) is 15.5. The van der Waals surface area contributed by atoms with Gasteiger partial charge < -0.3 is 14.9 Å². The molecule has 0 saturated carbocycles. The molecule has 2 N–H and O–H groups in total. The molecule has 1 aromatic carbocycles. The number of phenolic OH excluding ortho intramolecular Hbond substituents is 1. The van der Waals surface area contributed by atoms with Crippen molar-refractivity contribution in [1.29, 1.82) is 0 Å². The summed E-state index contributed by atoms with van der Waals surface area (Å²) in [5.74, 6) is 0.132. The third-order valence-corrected chi connectivity index (χ3v) is 3.55. The third-order valence-electron chi connectivity index (χ3n) is 3.55. The summed E-state index contributed by atoms with van der Waals surface area (Å²) in [5, 5.41) is 13.1. The van der Waals surface area contributed by atoms with Gasteiger partial charge in [-0.2, -0.15) is 5.10 Å². The van der Waals surface area contributed by atoms with Gasteiger partial charge in [-0.05, 0) is 36.9 Å². The van der Waals surface area contributed by atoms with E-state index in [1.807, 2.05) is 0 Å². The standard InChI is InChI=1S/C15H22N4O2/c1-18-8-10-19(11-9-18)7-6-15(21)17-16-12-13-2-4-14(20)5-3-13/h2-5,12,20H,6-11H2,1H3,(H,17,21)/b16-12-. The van der Waals surface area contributed by atoms with E-state index in [1.54, 1.807) is 30.5 Å². The number of aromatic hydroxyl groups is 1.